The summed E-state index contributed by atoms with van der Waals surface area (Å²) in [6, 6.07) is 4.31. The van der Waals surface area contributed by atoms with Crippen LogP contribution in [0, 0.1) is 0 Å². The van der Waals surface area contributed by atoms with Crippen molar-refractivity contribution in [2.75, 3.05) is 0 Å². The third-order valence-electron chi connectivity index (χ3n) is 2.87. The first-order valence-electron chi connectivity index (χ1n) is 5.99. The zero-order valence-corrected chi connectivity index (χ0v) is 10.3. The van der Waals surface area contributed by atoms with Gasteiger partial charge in [0.2, 0.25) is 0 Å². The van der Waals surface area contributed by atoms with E-state index in [0.29, 0.717) is 6.04 Å². The molecular formula is C13H19N3O. The molecule has 0 radical (unpaired) electrons. The number of fused-ring (bicyclic) bond motifs is 1. The lowest BCUT2D eigenvalue weighted by Gasteiger charge is -2.14. The number of pyridine rings is 1. The molecule has 0 aliphatic rings. The van der Waals surface area contributed by atoms with Crippen molar-refractivity contribution in [2.45, 2.75) is 39.0 Å². The third kappa shape index (κ3) is 3.05. The number of H-pyrrole nitrogens is 1. The molecule has 3 N–H and O–H groups in total. The SMILES string of the molecule is CC(O)CC(C)NCc1c[nH]c2ncccc12. The number of rotatable bonds is 5. The first kappa shape index (κ1) is 12.1. The van der Waals surface area contributed by atoms with Crippen molar-refractivity contribution >= 4 is 11.0 Å². The van der Waals surface area contributed by atoms with Crippen LogP contribution in [-0.2, 0) is 6.54 Å². The number of hydrogen-bond donors (Lipinski definition) is 3. The summed E-state index contributed by atoms with van der Waals surface area (Å²) >= 11 is 0. The molecule has 2 aromatic heterocycles. The molecule has 2 aromatic rings. The first-order valence-corrected chi connectivity index (χ1v) is 5.99. The summed E-state index contributed by atoms with van der Waals surface area (Å²) in [5.74, 6) is 0. The van der Waals surface area contributed by atoms with Gasteiger partial charge in [-0.2, -0.15) is 0 Å². The van der Waals surface area contributed by atoms with Crippen molar-refractivity contribution in [1.82, 2.24) is 15.3 Å². The van der Waals surface area contributed by atoms with Gasteiger partial charge in [-0.3, -0.25) is 0 Å². The zero-order valence-electron chi connectivity index (χ0n) is 10.3. The fourth-order valence-electron chi connectivity index (χ4n) is 2.04. The van der Waals surface area contributed by atoms with Crippen LogP contribution in [0.15, 0.2) is 24.5 Å². The monoisotopic (exact) mass is 233 g/mol. The summed E-state index contributed by atoms with van der Waals surface area (Å²) in [5.41, 5.74) is 2.14. The Bertz CT molecular complexity index is 478. The molecule has 0 aliphatic heterocycles. The van der Waals surface area contributed by atoms with E-state index in [4.69, 9.17) is 0 Å². The predicted octanol–water partition coefficient (Wildman–Crippen LogP) is 1.81. The van der Waals surface area contributed by atoms with Gasteiger partial charge in [-0.25, -0.2) is 4.98 Å². The molecule has 2 heterocycles. The Balaban J connectivity index is 1.99. The summed E-state index contributed by atoms with van der Waals surface area (Å²) in [6.45, 7) is 4.69. The van der Waals surface area contributed by atoms with Gasteiger partial charge in [0, 0.05) is 30.4 Å². The summed E-state index contributed by atoms with van der Waals surface area (Å²) in [4.78, 5) is 7.41. The normalized spacial score (nSPS) is 15.0. The zero-order chi connectivity index (χ0) is 12.3. The molecule has 0 aliphatic carbocycles. The van der Waals surface area contributed by atoms with E-state index >= 15 is 0 Å². The van der Waals surface area contributed by atoms with Crippen LogP contribution in [0.2, 0.25) is 0 Å². The molecule has 0 aromatic carbocycles. The molecule has 4 heteroatoms. The number of aliphatic hydroxyl groups is 1. The lowest BCUT2D eigenvalue weighted by atomic mass is 10.1. The van der Waals surface area contributed by atoms with Crippen LogP contribution in [0.5, 0.6) is 0 Å². The fourth-order valence-corrected chi connectivity index (χ4v) is 2.04. The van der Waals surface area contributed by atoms with E-state index in [9.17, 15) is 5.11 Å². The molecule has 2 atom stereocenters. The van der Waals surface area contributed by atoms with Gasteiger partial charge in [-0.1, -0.05) is 0 Å². The van der Waals surface area contributed by atoms with Crippen molar-refractivity contribution in [2.24, 2.45) is 0 Å². The molecule has 0 saturated carbocycles. The Kier molecular flexibility index (Phi) is 3.76. The van der Waals surface area contributed by atoms with E-state index in [1.165, 1.54) is 5.56 Å². The Hall–Kier alpha value is -1.39. The minimum absolute atomic E-state index is 0.262. The van der Waals surface area contributed by atoms with Crippen LogP contribution < -0.4 is 5.32 Å². The van der Waals surface area contributed by atoms with E-state index < -0.39 is 0 Å². The van der Waals surface area contributed by atoms with E-state index in [0.717, 1.165) is 24.0 Å². The van der Waals surface area contributed by atoms with Gasteiger partial charge < -0.3 is 15.4 Å². The molecule has 0 amide bonds. The predicted molar refractivity (Wildman–Crippen MR) is 68.7 cm³/mol. The molecule has 0 spiro atoms. The van der Waals surface area contributed by atoms with Crippen LogP contribution in [-0.4, -0.2) is 27.2 Å². The van der Waals surface area contributed by atoms with Gasteiger partial charge in [0.15, 0.2) is 0 Å². The van der Waals surface area contributed by atoms with Crippen molar-refractivity contribution < 1.29 is 5.11 Å². The molecular weight excluding hydrogens is 214 g/mol. The number of aliphatic hydroxyl groups excluding tert-OH is 1. The van der Waals surface area contributed by atoms with E-state index in [-0.39, 0.29) is 6.10 Å². The van der Waals surface area contributed by atoms with Crippen LogP contribution in [0.1, 0.15) is 25.8 Å². The Morgan fingerprint density at radius 3 is 3.06 bits per heavy atom. The summed E-state index contributed by atoms with van der Waals surface area (Å²) in [5, 5.41) is 13.9. The largest absolute Gasteiger partial charge is 0.393 e. The molecule has 4 nitrogen and oxygen atoms in total. The maximum absolute atomic E-state index is 9.30. The lowest BCUT2D eigenvalue weighted by Crippen LogP contribution is -2.28. The standard InChI is InChI=1S/C13H19N3O/c1-9(6-10(2)17)15-7-11-8-16-13-12(11)4-3-5-14-13/h3-5,8-10,15,17H,6-7H2,1-2H3,(H,14,16). The first-order chi connectivity index (χ1) is 8.16. The molecule has 92 valence electrons. The van der Waals surface area contributed by atoms with Crippen LogP contribution in [0.3, 0.4) is 0 Å². The average Bonchev–Trinajstić information content (AvgIpc) is 2.69. The Morgan fingerprint density at radius 1 is 1.47 bits per heavy atom. The highest BCUT2D eigenvalue weighted by molar-refractivity contribution is 5.79. The highest BCUT2D eigenvalue weighted by atomic mass is 16.3. The molecule has 2 unspecified atom stereocenters. The van der Waals surface area contributed by atoms with Gasteiger partial charge in [-0.15, -0.1) is 0 Å². The second-order valence-electron chi connectivity index (χ2n) is 4.58. The third-order valence-corrected chi connectivity index (χ3v) is 2.87. The number of aromatic nitrogens is 2. The van der Waals surface area contributed by atoms with Gasteiger partial charge >= 0.3 is 0 Å². The average molecular weight is 233 g/mol. The molecule has 0 fully saturated rings. The molecule has 0 bridgehead atoms. The summed E-state index contributed by atoms with van der Waals surface area (Å²) in [6.07, 6.45) is 4.27. The summed E-state index contributed by atoms with van der Waals surface area (Å²) in [7, 11) is 0. The van der Waals surface area contributed by atoms with Gasteiger partial charge in [0.05, 0.1) is 6.10 Å². The van der Waals surface area contributed by atoms with E-state index in [2.05, 4.69) is 28.3 Å². The van der Waals surface area contributed by atoms with E-state index in [1.54, 1.807) is 6.20 Å². The van der Waals surface area contributed by atoms with E-state index in [1.807, 2.05) is 19.2 Å². The fraction of sp³-hybridized carbons (Fsp3) is 0.462. The highest BCUT2D eigenvalue weighted by Crippen LogP contribution is 2.15. The highest BCUT2D eigenvalue weighted by Gasteiger charge is 2.07. The Labute approximate surface area is 101 Å². The van der Waals surface area contributed by atoms with Crippen molar-refractivity contribution in [1.29, 1.82) is 0 Å². The topological polar surface area (TPSA) is 60.9 Å². The number of hydrogen-bond acceptors (Lipinski definition) is 3. The van der Waals surface area contributed by atoms with Crippen LogP contribution >= 0.6 is 0 Å². The maximum Gasteiger partial charge on any atom is 0.137 e. The minimum atomic E-state index is -0.262. The van der Waals surface area contributed by atoms with Gasteiger partial charge in [0.1, 0.15) is 5.65 Å². The number of nitrogens with one attached hydrogen (secondary N) is 2. The van der Waals surface area contributed by atoms with Gasteiger partial charge in [0.25, 0.3) is 0 Å². The van der Waals surface area contributed by atoms with Crippen LogP contribution in [0.25, 0.3) is 11.0 Å². The number of aromatic amines is 1. The lowest BCUT2D eigenvalue weighted by molar-refractivity contribution is 0.170. The molecule has 17 heavy (non-hydrogen) atoms. The Morgan fingerprint density at radius 2 is 2.29 bits per heavy atom. The molecule has 0 saturated heterocycles. The molecule has 2 rings (SSSR count). The second kappa shape index (κ2) is 5.29. The maximum atomic E-state index is 9.30. The minimum Gasteiger partial charge on any atom is -0.393 e. The van der Waals surface area contributed by atoms with Crippen molar-refractivity contribution in [3.63, 3.8) is 0 Å². The van der Waals surface area contributed by atoms with Gasteiger partial charge in [-0.05, 0) is 38.0 Å². The smallest absolute Gasteiger partial charge is 0.137 e. The second-order valence-corrected chi connectivity index (χ2v) is 4.58. The van der Waals surface area contributed by atoms with Crippen molar-refractivity contribution in [3.8, 4) is 0 Å². The van der Waals surface area contributed by atoms with Crippen molar-refractivity contribution in [3.05, 3.63) is 30.1 Å². The summed E-state index contributed by atoms with van der Waals surface area (Å²) < 4.78 is 0. The number of nitrogens with zero attached hydrogens (tertiary/aromatic N) is 1. The quantitative estimate of drug-likeness (QED) is 0.738. The van der Waals surface area contributed by atoms with Crippen LogP contribution in [0.4, 0.5) is 0 Å².